The van der Waals surface area contributed by atoms with Gasteiger partial charge >= 0.3 is 5.69 Å². The van der Waals surface area contributed by atoms with Crippen molar-refractivity contribution in [3.63, 3.8) is 0 Å². The van der Waals surface area contributed by atoms with Gasteiger partial charge in [-0.3, -0.25) is 0 Å². The molecule has 29 heavy (non-hydrogen) atoms. The van der Waals surface area contributed by atoms with Crippen LogP contribution in [0.4, 0.5) is 0 Å². The molecule has 152 valence electrons. The molecule has 0 fully saturated rings. The van der Waals surface area contributed by atoms with Gasteiger partial charge in [0.15, 0.2) is 5.82 Å². The number of hydrogen-bond acceptors (Lipinski definition) is 4. The van der Waals surface area contributed by atoms with Gasteiger partial charge in [-0.1, -0.05) is 39.0 Å². The largest absolute Gasteiger partial charge is 0.507 e. The van der Waals surface area contributed by atoms with E-state index >= 15 is 0 Å². The van der Waals surface area contributed by atoms with Gasteiger partial charge in [-0.05, 0) is 54.2 Å². The van der Waals surface area contributed by atoms with E-state index in [9.17, 15) is 9.90 Å². The molecule has 6 nitrogen and oxygen atoms in total. The molecule has 3 aromatic rings. The Labute approximate surface area is 170 Å². The second-order valence-corrected chi connectivity index (χ2v) is 7.31. The molecule has 0 aliphatic heterocycles. The second kappa shape index (κ2) is 8.39. The first-order valence-electron chi connectivity index (χ1n) is 9.73. The van der Waals surface area contributed by atoms with Crippen LogP contribution in [0.25, 0.3) is 23.2 Å². The van der Waals surface area contributed by atoms with Crippen LogP contribution in [0.2, 0.25) is 0 Å². The lowest BCUT2D eigenvalue weighted by Gasteiger charge is -2.15. The number of rotatable bonds is 6. The number of phenols is 1. The van der Waals surface area contributed by atoms with Crippen molar-refractivity contribution in [2.24, 2.45) is 0 Å². The van der Waals surface area contributed by atoms with Gasteiger partial charge in [-0.15, -0.1) is 0 Å². The highest BCUT2D eigenvalue weighted by atomic mass is 16.5. The Hall–Kier alpha value is -3.28. The van der Waals surface area contributed by atoms with E-state index in [0.29, 0.717) is 22.8 Å². The smallest absolute Gasteiger partial charge is 0.348 e. The molecule has 6 heteroatoms. The van der Waals surface area contributed by atoms with E-state index < -0.39 is 0 Å². The number of benzene rings is 2. The van der Waals surface area contributed by atoms with Gasteiger partial charge in [0, 0.05) is 6.07 Å². The minimum Gasteiger partial charge on any atom is -0.507 e. The van der Waals surface area contributed by atoms with E-state index in [0.717, 1.165) is 23.1 Å². The number of nitrogens with zero attached hydrogens (tertiary/aromatic N) is 2. The molecule has 0 saturated carbocycles. The van der Waals surface area contributed by atoms with Crippen LogP contribution >= 0.6 is 0 Å². The van der Waals surface area contributed by atoms with E-state index in [-0.39, 0.29) is 17.4 Å². The van der Waals surface area contributed by atoms with Crippen molar-refractivity contribution < 1.29 is 9.84 Å². The van der Waals surface area contributed by atoms with Crippen molar-refractivity contribution in [1.29, 1.82) is 0 Å². The van der Waals surface area contributed by atoms with E-state index in [1.54, 1.807) is 13.2 Å². The molecule has 2 N–H and O–H groups in total. The van der Waals surface area contributed by atoms with Gasteiger partial charge in [-0.2, -0.15) is 5.10 Å². The summed E-state index contributed by atoms with van der Waals surface area (Å²) in [6.07, 6.45) is 5.05. The van der Waals surface area contributed by atoms with Gasteiger partial charge in [-0.25, -0.2) is 14.5 Å². The summed E-state index contributed by atoms with van der Waals surface area (Å²) in [4.78, 5) is 12.6. The molecule has 0 saturated heterocycles. The molecular weight excluding hydrogens is 366 g/mol. The third-order valence-electron chi connectivity index (χ3n) is 4.94. The zero-order chi connectivity index (χ0) is 21.1. The highest BCUT2D eigenvalue weighted by Crippen LogP contribution is 2.37. The number of phenolic OH excluding ortho intramolecular Hbond substituents is 1. The molecule has 0 aliphatic rings. The minimum atomic E-state index is -0.365. The Morgan fingerprint density at radius 1 is 1.28 bits per heavy atom. The predicted molar refractivity (Wildman–Crippen MR) is 116 cm³/mol. The predicted octanol–water partition coefficient (Wildman–Crippen LogP) is 4.80. The monoisotopic (exact) mass is 393 g/mol. The molecule has 0 bridgehead atoms. The summed E-state index contributed by atoms with van der Waals surface area (Å²) in [5, 5.41) is 17.3. The van der Waals surface area contributed by atoms with E-state index in [1.165, 1.54) is 4.57 Å². The average Bonchev–Trinajstić information content (AvgIpc) is 3.08. The molecule has 0 radical (unpaired) electrons. The Kier molecular flexibility index (Phi) is 5.92. The Morgan fingerprint density at radius 2 is 2.03 bits per heavy atom. The van der Waals surface area contributed by atoms with Gasteiger partial charge in [0.05, 0.1) is 18.4 Å². The second-order valence-electron chi connectivity index (χ2n) is 7.31. The first-order valence-corrected chi connectivity index (χ1v) is 9.73. The molecular formula is C23H27N3O3. The molecule has 1 aromatic heterocycles. The maximum absolute atomic E-state index is 12.6. The fourth-order valence-corrected chi connectivity index (χ4v) is 3.30. The van der Waals surface area contributed by atoms with Crippen molar-refractivity contribution in [3.05, 3.63) is 63.6 Å². The van der Waals surface area contributed by atoms with E-state index in [2.05, 4.69) is 23.2 Å². The maximum atomic E-state index is 12.6. The van der Waals surface area contributed by atoms with Crippen LogP contribution in [0.3, 0.4) is 0 Å². The van der Waals surface area contributed by atoms with Gasteiger partial charge in [0.2, 0.25) is 0 Å². The lowest BCUT2D eigenvalue weighted by Crippen LogP contribution is -2.16. The van der Waals surface area contributed by atoms with Crippen LogP contribution in [-0.4, -0.2) is 27.0 Å². The summed E-state index contributed by atoms with van der Waals surface area (Å²) in [5.41, 5.74) is 3.87. The van der Waals surface area contributed by atoms with Crippen LogP contribution in [0, 0.1) is 6.92 Å². The van der Waals surface area contributed by atoms with E-state index in [1.807, 2.05) is 51.1 Å². The third kappa shape index (κ3) is 3.97. The number of nitrogens with one attached hydrogen (secondary N) is 1. The summed E-state index contributed by atoms with van der Waals surface area (Å²) in [5.74, 6) is 1.14. The van der Waals surface area contributed by atoms with Gasteiger partial charge in [0.25, 0.3) is 0 Å². The number of aromatic amines is 1. The Morgan fingerprint density at radius 3 is 2.69 bits per heavy atom. The molecule has 1 heterocycles. The van der Waals surface area contributed by atoms with Crippen LogP contribution in [-0.2, 0) is 0 Å². The fraction of sp³-hybridized carbons (Fsp3) is 0.304. The fourth-order valence-electron chi connectivity index (χ4n) is 3.30. The molecule has 0 aliphatic carbocycles. The Bertz CT molecular complexity index is 1110. The van der Waals surface area contributed by atoms with Crippen LogP contribution < -0.4 is 10.4 Å². The zero-order valence-corrected chi connectivity index (χ0v) is 17.5. The SMILES string of the molecule is CC/C=C\c1cc(-n2c(-c3cc(C(C)C)c(OC)cc3O)n[nH]c2=O)ccc1C. The summed E-state index contributed by atoms with van der Waals surface area (Å²) in [7, 11) is 1.57. The van der Waals surface area contributed by atoms with Crippen molar-refractivity contribution >= 4 is 6.08 Å². The number of ether oxygens (including phenoxy) is 1. The lowest BCUT2D eigenvalue weighted by molar-refractivity contribution is 0.401. The topological polar surface area (TPSA) is 80.1 Å². The molecule has 3 rings (SSSR count). The third-order valence-corrected chi connectivity index (χ3v) is 4.94. The van der Waals surface area contributed by atoms with Crippen molar-refractivity contribution in [2.45, 2.75) is 40.0 Å². The number of hydrogen-bond donors (Lipinski definition) is 2. The average molecular weight is 393 g/mol. The van der Waals surface area contributed by atoms with Crippen molar-refractivity contribution in [2.75, 3.05) is 7.11 Å². The maximum Gasteiger partial charge on any atom is 0.348 e. The van der Waals surface area contributed by atoms with E-state index in [4.69, 9.17) is 4.74 Å². The Balaban J connectivity index is 2.21. The highest BCUT2D eigenvalue weighted by molar-refractivity contribution is 5.70. The summed E-state index contributed by atoms with van der Waals surface area (Å²) < 4.78 is 6.88. The zero-order valence-electron chi connectivity index (χ0n) is 17.5. The molecule has 2 aromatic carbocycles. The first-order chi connectivity index (χ1) is 13.9. The van der Waals surface area contributed by atoms with Crippen molar-refractivity contribution in [1.82, 2.24) is 14.8 Å². The van der Waals surface area contributed by atoms with Gasteiger partial charge < -0.3 is 9.84 Å². The number of methoxy groups -OCH3 is 1. The quantitative estimate of drug-likeness (QED) is 0.631. The number of aryl methyl sites for hydroxylation is 1. The highest BCUT2D eigenvalue weighted by Gasteiger charge is 2.20. The van der Waals surface area contributed by atoms with Crippen molar-refractivity contribution in [3.8, 4) is 28.6 Å². The van der Waals surface area contributed by atoms with Crippen LogP contribution in [0.5, 0.6) is 11.5 Å². The molecule has 0 spiro atoms. The number of H-pyrrole nitrogens is 1. The van der Waals surface area contributed by atoms with Crippen LogP contribution in [0.15, 0.2) is 41.2 Å². The number of aromatic hydroxyl groups is 1. The normalized spacial score (nSPS) is 11.5. The molecule has 0 unspecified atom stereocenters. The minimum absolute atomic E-state index is 0.00436. The summed E-state index contributed by atoms with van der Waals surface area (Å²) >= 11 is 0. The molecule has 0 amide bonds. The number of aromatic nitrogens is 3. The molecule has 0 atom stereocenters. The van der Waals surface area contributed by atoms with Gasteiger partial charge in [0.1, 0.15) is 11.5 Å². The lowest BCUT2D eigenvalue weighted by atomic mass is 9.98. The summed E-state index contributed by atoms with van der Waals surface area (Å²) in [6, 6.07) is 9.20. The first kappa shape index (κ1) is 20.5. The van der Waals surface area contributed by atoms with Crippen LogP contribution in [0.1, 0.15) is 49.8 Å². The summed E-state index contributed by atoms with van der Waals surface area (Å²) in [6.45, 7) is 8.20. The standard InChI is InChI=1S/C23H27N3O3/c1-6-7-8-16-11-17(10-9-15(16)4)26-22(24-25-23(26)28)19-12-18(14(2)3)21(29-5)13-20(19)27/h7-14,27H,6H2,1-5H3,(H,25,28)/b8-7-. The number of allylic oxidation sites excluding steroid dienone is 1.